The molecule has 94 valence electrons. The van der Waals surface area contributed by atoms with Crippen molar-refractivity contribution >= 4 is 36.1 Å². The van der Waals surface area contributed by atoms with E-state index < -0.39 is 5.97 Å². The SMILES string of the molecule is Cl.O=C(O)C=Cc1ccc(OCCO)c(Cl)c1. The minimum Gasteiger partial charge on any atom is -0.490 e. The smallest absolute Gasteiger partial charge is 0.328 e. The largest absolute Gasteiger partial charge is 0.490 e. The van der Waals surface area contributed by atoms with E-state index in [-0.39, 0.29) is 25.6 Å². The minimum atomic E-state index is -1.02. The second-order valence-corrected chi connectivity index (χ2v) is 3.34. The lowest BCUT2D eigenvalue weighted by Gasteiger charge is -2.06. The van der Waals surface area contributed by atoms with Gasteiger partial charge in [-0.25, -0.2) is 4.79 Å². The first-order valence-corrected chi connectivity index (χ1v) is 4.95. The minimum absolute atomic E-state index is 0. The van der Waals surface area contributed by atoms with Crippen molar-refractivity contribution in [2.45, 2.75) is 0 Å². The van der Waals surface area contributed by atoms with Crippen LogP contribution < -0.4 is 4.74 Å². The van der Waals surface area contributed by atoms with E-state index in [0.717, 1.165) is 6.08 Å². The summed E-state index contributed by atoms with van der Waals surface area (Å²) in [7, 11) is 0. The summed E-state index contributed by atoms with van der Waals surface area (Å²) in [5.74, 6) is -0.556. The first-order valence-electron chi connectivity index (χ1n) is 4.57. The number of halogens is 2. The lowest BCUT2D eigenvalue weighted by Crippen LogP contribution is -2.01. The summed E-state index contributed by atoms with van der Waals surface area (Å²) in [5, 5.41) is 17.4. The number of hydrogen-bond acceptors (Lipinski definition) is 3. The molecule has 0 saturated heterocycles. The van der Waals surface area contributed by atoms with Crippen molar-refractivity contribution in [3.05, 3.63) is 34.9 Å². The van der Waals surface area contributed by atoms with Crippen LogP contribution in [-0.4, -0.2) is 29.4 Å². The quantitative estimate of drug-likeness (QED) is 0.811. The molecular weight excluding hydrogens is 267 g/mol. The monoisotopic (exact) mass is 278 g/mol. The Morgan fingerprint density at radius 1 is 1.47 bits per heavy atom. The van der Waals surface area contributed by atoms with Gasteiger partial charge in [0.1, 0.15) is 12.4 Å². The molecule has 0 amide bonds. The fraction of sp³-hybridized carbons (Fsp3) is 0.182. The van der Waals surface area contributed by atoms with Crippen molar-refractivity contribution < 1.29 is 19.7 Å². The third-order valence-electron chi connectivity index (χ3n) is 1.72. The third-order valence-corrected chi connectivity index (χ3v) is 2.02. The van der Waals surface area contributed by atoms with E-state index in [2.05, 4.69) is 0 Å². The molecule has 1 aromatic rings. The van der Waals surface area contributed by atoms with Crippen LogP contribution in [0, 0.1) is 0 Å². The summed E-state index contributed by atoms with van der Waals surface area (Å²) in [6.07, 6.45) is 2.46. The normalized spacial score (nSPS) is 10.0. The Balaban J connectivity index is 0.00000256. The fourth-order valence-corrected chi connectivity index (χ4v) is 1.30. The highest BCUT2D eigenvalue weighted by Gasteiger charge is 2.01. The van der Waals surface area contributed by atoms with Gasteiger partial charge in [-0.3, -0.25) is 0 Å². The molecule has 4 nitrogen and oxygen atoms in total. The average Bonchev–Trinajstić information content (AvgIpc) is 2.25. The highest BCUT2D eigenvalue weighted by atomic mass is 35.5. The number of benzene rings is 1. The Kier molecular flexibility index (Phi) is 7.37. The van der Waals surface area contributed by atoms with Gasteiger partial charge in [-0.2, -0.15) is 0 Å². The van der Waals surface area contributed by atoms with Crippen molar-refractivity contribution in [2.75, 3.05) is 13.2 Å². The zero-order valence-electron chi connectivity index (χ0n) is 8.80. The number of carboxylic acid groups (broad SMARTS) is 1. The number of carbonyl (C=O) groups is 1. The van der Waals surface area contributed by atoms with Crippen LogP contribution in [0.2, 0.25) is 5.02 Å². The first kappa shape index (κ1) is 15.8. The van der Waals surface area contributed by atoms with Gasteiger partial charge in [0, 0.05) is 6.08 Å². The second kappa shape index (κ2) is 7.95. The zero-order chi connectivity index (χ0) is 12.0. The molecule has 6 heteroatoms. The van der Waals surface area contributed by atoms with E-state index >= 15 is 0 Å². The Bertz CT molecular complexity index is 404. The topological polar surface area (TPSA) is 66.8 Å². The molecule has 1 rings (SSSR count). The predicted octanol–water partition coefficient (Wildman–Crippen LogP) is 2.23. The molecule has 0 fully saturated rings. The second-order valence-electron chi connectivity index (χ2n) is 2.93. The number of aliphatic carboxylic acids is 1. The number of aliphatic hydroxyl groups is 1. The molecule has 0 saturated carbocycles. The number of hydrogen-bond donors (Lipinski definition) is 2. The Hall–Kier alpha value is -1.23. The van der Waals surface area contributed by atoms with Gasteiger partial charge in [-0.1, -0.05) is 17.7 Å². The standard InChI is InChI=1S/C11H11ClO4.ClH/c12-9-7-8(2-4-11(14)15)1-3-10(9)16-6-5-13;/h1-4,7,13H,5-6H2,(H,14,15);1H. The zero-order valence-corrected chi connectivity index (χ0v) is 10.4. The van der Waals surface area contributed by atoms with Crippen molar-refractivity contribution in [1.29, 1.82) is 0 Å². The molecule has 0 radical (unpaired) electrons. The van der Waals surface area contributed by atoms with E-state index in [1.54, 1.807) is 18.2 Å². The summed E-state index contributed by atoms with van der Waals surface area (Å²) < 4.78 is 5.14. The van der Waals surface area contributed by atoms with Gasteiger partial charge in [0.05, 0.1) is 11.6 Å². The van der Waals surface area contributed by atoms with Gasteiger partial charge in [-0.05, 0) is 23.8 Å². The maximum absolute atomic E-state index is 10.3. The van der Waals surface area contributed by atoms with Gasteiger partial charge < -0.3 is 14.9 Å². The molecule has 0 atom stereocenters. The van der Waals surface area contributed by atoms with Gasteiger partial charge in [0.25, 0.3) is 0 Å². The molecule has 0 aromatic heterocycles. The van der Waals surface area contributed by atoms with Crippen molar-refractivity contribution in [1.82, 2.24) is 0 Å². The van der Waals surface area contributed by atoms with E-state index in [4.69, 9.17) is 26.6 Å². The Morgan fingerprint density at radius 2 is 2.18 bits per heavy atom. The Morgan fingerprint density at radius 3 is 2.71 bits per heavy atom. The van der Waals surface area contributed by atoms with Crippen molar-refractivity contribution in [2.24, 2.45) is 0 Å². The molecule has 0 unspecified atom stereocenters. The van der Waals surface area contributed by atoms with Gasteiger partial charge >= 0.3 is 5.97 Å². The highest BCUT2D eigenvalue weighted by molar-refractivity contribution is 6.32. The first-order chi connectivity index (χ1) is 7.63. The maximum atomic E-state index is 10.3. The molecule has 1 aromatic carbocycles. The van der Waals surface area contributed by atoms with Crippen LogP contribution in [0.1, 0.15) is 5.56 Å². The number of ether oxygens (including phenoxy) is 1. The highest BCUT2D eigenvalue weighted by Crippen LogP contribution is 2.25. The van der Waals surface area contributed by atoms with Crippen LogP contribution in [0.25, 0.3) is 6.08 Å². The average molecular weight is 279 g/mol. The molecule has 0 aliphatic rings. The summed E-state index contributed by atoms with van der Waals surface area (Å²) in [6.45, 7) is 0.0844. The van der Waals surface area contributed by atoms with Gasteiger partial charge in [0.15, 0.2) is 0 Å². The molecule has 0 aliphatic heterocycles. The third kappa shape index (κ3) is 5.58. The molecule has 17 heavy (non-hydrogen) atoms. The molecule has 2 N–H and O–H groups in total. The number of rotatable bonds is 5. The van der Waals surface area contributed by atoms with Crippen LogP contribution in [0.5, 0.6) is 5.75 Å². The predicted molar refractivity (Wildman–Crippen MR) is 68.0 cm³/mol. The Labute approximate surface area is 110 Å². The van der Waals surface area contributed by atoms with Crippen LogP contribution in [0.3, 0.4) is 0 Å². The van der Waals surface area contributed by atoms with E-state index in [1.165, 1.54) is 6.08 Å². The lowest BCUT2D eigenvalue weighted by atomic mass is 10.2. The summed E-state index contributed by atoms with van der Waals surface area (Å²) in [4.78, 5) is 10.3. The summed E-state index contributed by atoms with van der Waals surface area (Å²) in [6, 6.07) is 4.89. The fourth-order valence-electron chi connectivity index (χ4n) is 1.06. The molecule has 0 aliphatic carbocycles. The number of aliphatic hydroxyl groups excluding tert-OH is 1. The van der Waals surface area contributed by atoms with Crippen molar-refractivity contribution in [3.8, 4) is 5.75 Å². The summed E-state index contributed by atoms with van der Waals surface area (Å²) in [5.41, 5.74) is 0.670. The molecule has 0 bridgehead atoms. The van der Waals surface area contributed by atoms with E-state index in [1.807, 2.05) is 0 Å². The van der Waals surface area contributed by atoms with Crippen LogP contribution in [0.15, 0.2) is 24.3 Å². The van der Waals surface area contributed by atoms with Gasteiger partial charge in [-0.15, -0.1) is 12.4 Å². The van der Waals surface area contributed by atoms with Gasteiger partial charge in [0.2, 0.25) is 0 Å². The lowest BCUT2D eigenvalue weighted by molar-refractivity contribution is -0.131. The summed E-state index contributed by atoms with van der Waals surface area (Å²) >= 11 is 5.89. The molecule has 0 spiro atoms. The number of carboxylic acids is 1. The molecule has 0 heterocycles. The van der Waals surface area contributed by atoms with Crippen molar-refractivity contribution in [3.63, 3.8) is 0 Å². The van der Waals surface area contributed by atoms with Crippen LogP contribution in [-0.2, 0) is 4.79 Å². The van der Waals surface area contributed by atoms with E-state index in [9.17, 15) is 4.79 Å². The maximum Gasteiger partial charge on any atom is 0.328 e. The van der Waals surface area contributed by atoms with E-state index in [0.29, 0.717) is 16.3 Å². The molecular formula is C11H12Cl2O4. The van der Waals surface area contributed by atoms with Crippen LogP contribution in [0.4, 0.5) is 0 Å². The van der Waals surface area contributed by atoms with Crippen LogP contribution >= 0.6 is 24.0 Å².